The lowest BCUT2D eigenvalue weighted by Crippen LogP contribution is -2.51. The van der Waals surface area contributed by atoms with Crippen molar-refractivity contribution in [2.75, 3.05) is 13.1 Å². The largest absolute Gasteiger partial charge is 0.371 e. The number of nitrogens with zero attached hydrogens (tertiary/aromatic N) is 1. The van der Waals surface area contributed by atoms with Crippen LogP contribution in [0.5, 0.6) is 0 Å². The summed E-state index contributed by atoms with van der Waals surface area (Å²) >= 11 is 6.98. The molecule has 3 aliphatic rings. The Kier molecular flexibility index (Phi) is 3.91. The molecule has 3 unspecified atom stereocenters. The molecule has 0 aromatic carbocycles. The zero-order valence-electron chi connectivity index (χ0n) is 12.1. The highest BCUT2D eigenvalue weighted by molar-refractivity contribution is 6.26. The predicted octanol–water partition coefficient (Wildman–Crippen LogP) is 2.62. The maximum Gasteiger partial charge on any atom is 0.114 e. The first-order chi connectivity index (χ1) is 9.60. The summed E-state index contributed by atoms with van der Waals surface area (Å²) in [5.74, 6) is 1.66. The zero-order valence-corrected chi connectivity index (χ0v) is 12.9. The molecule has 110 valence electrons. The van der Waals surface area contributed by atoms with Crippen LogP contribution in [-0.2, 0) is 0 Å². The summed E-state index contributed by atoms with van der Waals surface area (Å²) in [5, 5.41) is 3.29. The van der Waals surface area contributed by atoms with Crippen LogP contribution in [0, 0.1) is 11.8 Å². The van der Waals surface area contributed by atoms with Gasteiger partial charge in [-0.25, -0.2) is 0 Å². The summed E-state index contributed by atoms with van der Waals surface area (Å²) in [6.07, 6.45) is 11.7. The van der Waals surface area contributed by atoms with Gasteiger partial charge in [0.1, 0.15) is 5.84 Å². The van der Waals surface area contributed by atoms with Crippen molar-refractivity contribution in [3.8, 4) is 0 Å². The van der Waals surface area contributed by atoms with E-state index in [0.29, 0.717) is 5.92 Å². The van der Waals surface area contributed by atoms with Gasteiger partial charge < -0.3 is 11.1 Å². The van der Waals surface area contributed by atoms with Crippen molar-refractivity contribution >= 4 is 17.4 Å². The minimum Gasteiger partial charge on any atom is -0.371 e. The molecule has 2 aliphatic carbocycles. The first kappa shape index (κ1) is 14.2. The number of alkyl halides is 1. The number of hydrogen-bond donors (Lipinski definition) is 2. The van der Waals surface area contributed by atoms with Crippen molar-refractivity contribution in [1.29, 1.82) is 0 Å². The standard InChI is InChI=1S/C16H24ClN3/c1-16(17)12(11-5-2-3-6-11)7-4-8-13(16)14(18)15-19-9-10-20-15/h4,7-8,11,13-14H,2-3,5-6,9-10,18H2,1H3,(H,19,20). The van der Waals surface area contributed by atoms with Gasteiger partial charge in [-0.3, -0.25) is 4.99 Å². The van der Waals surface area contributed by atoms with Crippen LogP contribution in [0.1, 0.15) is 32.6 Å². The molecule has 1 heterocycles. The van der Waals surface area contributed by atoms with E-state index >= 15 is 0 Å². The lowest BCUT2D eigenvalue weighted by molar-refractivity contribution is 0.434. The van der Waals surface area contributed by atoms with Gasteiger partial charge in [0.2, 0.25) is 0 Å². The highest BCUT2D eigenvalue weighted by Gasteiger charge is 2.43. The summed E-state index contributed by atoms with van der Waals surface area (Å²) in [5.41, 5.74) is 7.81. The lowest BCUT2D eigenvalue weighted by Gasteiger charge is -2.40. The van der Waals surface area contributed by atoms with Crippen molar-refractivity contribution in [3.05, 3.63) is 23.8 Å². The van der Waals surface area contributed by atoms with Crippen molar-refractivity contribution in [3.63, 3.8) is 0 Å². The third-order valence-electron chi connectivity index (χ3n) is 4.98. The maximum absolute atomic E-state index is 6.98. The number of amidine groups is 1. The predicted molar refractivity (Wildman–Crippen MR) is 85.2 cm³/mol. The molecular formula is C16H24ClN3. The van der Waals surface area contributed by atoms with Crippen molar-refractivity contribution < 1.29 is 0 Å². The maximum atomic E-state index is 6.98. The van der Waals surface area contributed by atoms with Gasteiger partial charge >= 0.3 is 0 Å². The van der Waals surface area contributed by atoms with Crippen LogP contribution in [0.3, 0.4) is 0 Å². The number of nitrogens with one attached hydrogen (secondary N) is 1. The van der Waals surface area contributed by atoms with Crippen LogP contribution < -0.4 is 11.1 Å². The fraction of sp³-hybridized carbons (Fsp3) is 0.688. The minimum atomic E-state index is -0.393. The van der Waals surface area contributed by atoms with Gasteiger partial charge in [0.15, 0.2) is 0 Å². The molecule has 3 N–H and O–H groups in total. The first-order valence-corrected chi connectivity index (χ1v) is 8.10. The molecule has 1 aliphatic heterocycles. The van der Waals surface area contributed by atoms with Crippen LogP contribution in [0.4, 0.5) is 0 Å². The number of aliphatic imine (C=N–C) groups is 1. The Morgan fingerprint density at radius 1 is 1.45 bits per heavy atom. The molecule has 20 heavy (non-hydrogen) atoms. The summed E-state index contributed by atoms with van der Waals surface area (Å²) in [6.45, 7) is 3.84. The summed E-state index contributed by atoms with van der Waals surface area (Å²) in [7, 11) is 0. The third-order valence-corrected chi connectivity index (χ3v) is 5.45. The van der Waals surface area contributed by atoms with E-state index in [9.17, 15) is 0 Å². The molecule has 0 amide bonds. The van der Waals surface area contributed by atoms with Crippen LogP contribution in [0.2, 0.25) is 0 Å². The van der Waals surface area contributed by atoms with Gasteiger partial charge in [-0.1, -0.05) is 31.1 Å². The molecular weight excluding hydrogens is 270 g/mol. The molecule has 1 saturated carbocycles. The zero-order chi connectivity index (χ0) is 14.2. The topological polar surface area (TPSA) is 50.4 Å². The number of rotatable bonds is 3. The van der Waals surface area contributed by atoms with E-state index in [1.807, 2.05) is 0 Å². The second-order valence-corrected chi connectivity index (χ2v) is 7.09. The first-order valence-electron chi connectivity index (χ1n) is 7.72. The van der Waals surface area contributed by atoms with E-state index in [4.69, 9.17) is 17.3 Å². The van der Waals surface area contributed by atoms with E-state index in [2.05, 4.69) is 35.5 Å². The number of hydrogen-bond acceptors (Lipinski definition) is 3. The Bertz CT molecular complexity index is 458. The minimum absolute atomic E-state index is 0.106. The van der Waals surface area contributed by atoms with E-state index in [0.717, 1.165) is 18.9 Å². The Labute approximate surface area is 126 Å². The van der Waals surface area contributed by atoms with E-state index < -0.39 is 4.87 Å². The molecule has 4 heteroatoms. The van der Waals surface area contributed by atoms with Gasteiger partial charge in [0.25, 0.3) is 0 Å². The van der Waals surface area contributed by atoms with E-state index in [1.165, 1.54) is 31.3 Å². The highest BCUT2D eigenvalue weighted by Crippen LogP contribution is 2.46. The molecule has 3 atom stereocenters. The SMILES string of the molecule is CC1(Cl)C(C2CCCC2)=CC=CC1C(N)C1=NCCN1. The van der Waals surface area contributed by atoms with Gasteiger partial charge in [-0.05, 0) is 31.3 Å². The molecule has 3 nitrogen and oxygen atoms in total. The van der Waals surface area contributed by atoms with Crippen LogP contribution in [-0.4, -0.2) is 29.8 Å². The average Bonchev–Trinajstić information content (AvgIpc) is 3.10. The van der Waals surface area contributed by atoms with Crippen LogP contribution in [0.25, 0.3) is 0 Å². The average molecular weight is 294 g/mol. The van der Waals surface area contributed by atoms with E-state index in [-0.39, 0.29) is 12.0 Å². The molecule has 0 saturated heterocycles. The monoisotopic (exact) mass is 293 g/mol. The second kappa shape index (κ2) is 5.53. The number of nitrogens with two attached hydrogens (primary N) is 1. The van der Waals surface area contributed by atoms with E-state index in [1.54, 1.807) is 0 Å². The number of halogens is 1. The van der Waals surface area contributed by atoms with Crippen molar-refractivity contribution in [1.82, 2.24) is 5.32 Å². The molecule has 0 spiro atoms. The Balaban J connectivity index is 1.82. The molecule has 0 aromatic heterocycles. The fourth-order valence-electron chi connectivity index (χ4n) is 3.85. The Morgan fingerprint density at radius 2 is 2.20 bits per heavy atom. The fourth-order valence-corrected chi connectivity index (χ4v) is 4.28. The molecule has 0 radical (unpaired) electrons. The quantitative estimate of drug-likeness (QED) is 0.786. The lowest BCUT2D eigenvalue weighted by atomic mass is 9.73. The molecule has 0 bridgehead atoms. The van der Waals surface area contributed by atoms with Gasteiger partial charge in [-0.2, -0.15) is 0 Å². The third kappa shape index (κ3) is 2.42. The highest BCUT2D eigenvalue weighted by atomic mass is 35.5. The Hall–Kier alpha value is -0.800. The normalized spacial score (nSPS) is 35.6. The molecule has 0 aromatic rings. The summed E-state index contributed by atoms with van der Waals surface area (Å²) in [4.78, 5) is 4.07. The summed E-state index contributed by atoms with van der Waals surface area (Å²) in [6, 6.07) is -0.138. The molecule has 1 fully saturated rings. The Morgan fingerprint density at radius 3 is 2.85 bits per heavy atom. The second-order valence-electron chi connectivity index (χ2n) is 6.31. The molecule has 3 rings (SSSR count). The van der Waals surface area contributed by atoms with Crippen LogP contribution >= 0.6 is 11.6 Å². The smallest absolute Gasteiger partial charge is 0.114 e. The van der Waals surface area contributed by atoms with Gasteiger partial charge in [-0.15, -0.1) is 11.6 Å². The van der Waals surface area contributed by atoms with Crippen molar-refractivity contribution in [2.24, 2.45) is 22.6 Å². The van der Waals surface area contributed by atoms with Gasteiger partial charge in [0, 0.05) is 12.5 Å². The van der Waals surface area contributed by atoms with Gasteiger partial charge in [0.05, 0.1) is 17.5 Å². The van der Waals surface area contributed by atoms with Crippen molar-refractivity contribution in [2.45, 2.75) is 43.5 Å². The van der Waals surface area contributed by atoms with Crippen LogP contribution in [0.15, 0.2) is 28.8 Å². The number of allylic oxidation sites excluding steroid dienone is 3. The summed E-state index contributed by atoms with van der Waals surface area (Å²) < 4.78 is 0.